The Morgan fingerprint density at radius 2 is 1.69 bits per heavy atom. The van der Waals surface area contributed by atoms with Gasteiger partial charge in [-0.1, -0.05) is 29.8 Å². The Morgan fingerprint density at radius 1 is 1.03 bits per heavy atom. The van der Waals surface area contributed by atoms with Gasteiger partial charge in [0.15, 0.2) is 15.6 Å². The van der Waals surface area contributed by atoms with Gasteiger partial charge in [0.1, 0.15) is 5.56 Å². The van der Waals surface area contributed by atoms with Crippen molar-refractivity contribution < 1.29 is 18.0 Å². The highest BCUT2D eigenvalue weighted by Gasteiger charge is 2.20. The minimum absolute atomic E-state index is 0.0722. The first kappa shape index (κ1) is 23.4. The zero-order valence-corrected chi connectivity index (χ0v) is 19.3. The van der Waals surface area contributed by atoms with Gasteiger partial charge in [0.05, 0.1) is 10.6 Å². The van der Waals surface area contributed by atoms with Gasteiger partial charge in [0.25, 0.3) is 11.5 Å². The third-order valence-electron chi connectivity index (χ3n) is 4.94. The number of Topliss-reactive ketones (excluding diaryl/α,β-unsaturated/α-hetero) is 1. The Hall–Kier alpha value is -3.23. The Bertz CT molecular complexity index is 1380. The zero-order valence-electron chi connectivity index (χ0n) is 17.7. The third-order valence-corrected chi connectivity index (χ3v) is 6.31. The number of ketones is 1. The fourth-order valence-electron chi connectivity index (χ4n) is 3.28. The number of hydrogen-bond donors (Lipinski definition) is 1. The van der Waals surface area contributed by atoms with Gasteiger partial charge in [0.2, 0.25) is 0 Å². The number of rotatable bonds is 6. The molecule has 0 aliphatic carbocycles. The van der Waals surface area contributed by atoms with E-state index in [0.29, 0.717) is 22.0 Å². The molecule has 3 rings (SSSR count). The first-order valence-electron chi connectivity index (χ1n) is 9.60. The molecule has 0 radical (unpaired) electrons. The number of carbonyl (C=O) groups is 2. The molecule has 1 amide bonds. The van der Waals surface area contributed by atoms with Gasteiger partial charge in [0, 0.05) is 29.1 Å². The smallest absolute Gasteiger partial charge is 0.268 e. The van der Waals surface area contributed by atoms with Crippen LogP contribution >= 0.6 is 11.6 Å². The van der Waals surface area contributed by atoms with E-state index in [9.17, 15) is 22.8 Å². The normalized spacial score (nSPS) is 11.2. The number of pyridine rings is 1. The second-order valence-electron chi connectivity index (χ2n) is 7.33. The molecule has 2 aromatic carbocycles. The molecule has 3 aromatic rings. The first-order chi connectivity index (χ1) is 15.0. The predicted molar refractivity (Wildman–Crippen MR) is 123 cm³/mol. The number of sulfone groups is 1. The molecule has 0 bridgehead atoms. The van der Waals surface area contributed by atoms with Crippen molar-refractivity contribution in [3.8, 4) is 5.69 Å². The lowest BCUT2D eigenvalue weighted by Gasteiger charge is -2.16. The molecule has 1 heterocycles. The number of hydrogen-bond acceptors (Lipinski definition) is 5. The average Bonchev–Trinajstić information content (AvgIpc) is 2.71. The topological polar surface area (TPSA) is 102 Å². The van der Waals surface area contributed by atoms with Crippen molar-refractivity contribution in [2.75, 3.05) is 6.26 Å². The van der Waals surface area contributed by atoms with Gasteiger partial charge >= 0.3 is 0 Å². The fraction of sp³-hybridized carbons (Fsp3) is 0.174. The number of nitrogens with zero attached hydrogens (tertiary/aromatic N) is 1. The Morgan fingerprint density at radius 3 is 2.25 bits per heavy atom. The monoisotopic (exact) mass is 472 g/mol. The van der Waals surface area contributed by atoms with Crippen molar-refractivity contribution >= 4 is 33.1 Å². The summed E-state index contributed by atoms with van der Waals surface area (Å²) in [4.78, 5) is 38.4. The Balaban J connectivity index is 1.97. The molecular formula is C23H21ClN2O5S. The molecule has 0 fully saturated rings. The maximum Gasteiger partial charge on any atom is 0.268 e. The van der Waals surface area contributed by atoms with Crippen molar-refractivity contribution in [1.82, 2.24) is 9.88 Å². The molecule has 0 atom stereocenters. The van der Waals surface area contributed by atoms with E-state index in [4.69, 9.17) is 11.6 Å². The van der Waals surface area contributed by atoms with Crippen LogP contribution < -0.4 is 10.9 Å². The SMILES string of the molecule is CC(=O)c1cc(C(=O)NCc2ccc(S(C)(=O)=O)cc2)c(=O)n(-c2cccc(Cl)c2)c1C. The number of amides is 1. The zero-order chi connectivity index (χ0) is 23.6. The van der Waals surface area contributed by atoms with Crippen LogP contribution in [-0.4, -0.2) is 30.9 Å². The summed E-state index contributed by atoms with van der Waals surface area (Å²) in [5.41, 5.74) is 0.964. The Kier molecular flexibility index (Phi) is 6.66. The molecule has 0 aliphatic rings. The van der Waals surface area contributed by atoms with E-state index in [1.54, 1.807) is 43.3 Å². The molecule has 7 nitrogen and oxygen atoms in total. The number of aromatic nitrogens is 1. The summed E-state index contributed by atoms with van der Waals surface area (Å²) in [6, 6.07) is 13.9. The number of carbonyl (C=O) groups excluding carboxylic acids is 2. The lowest BCUT2D eigenvalue weighted by Crippen LogP contribution is -2.34. The maximum atomic E-state index is 13.2. The molecule has 0 saturated heterocycles. The van der Waals surface area contributed by atoms with Crippen molar-refractivity contribution in [3.63, 3.8) is 0 Å². The lowest BCUT2D eigenvalue weighted by atomic mass is 10.1. The molecular weight excluding hydrogens is 452 g/mol. The van der Waals surface area contributed by atoms with Crippen LogP contribution in [0.2, 0.25) is 5.02 Å². The average molecular weight is 473 g/mol. The minimum atomic E-state index is -3.32. The lowest BCUT2D eigenvalue weighted by molar-refractivity contribution is 0.0949. The van der Waals surface area contributed by atoms with Crippen LogP contribution in [0, 0.1) is 6.92 Å². The summed E-state index contributed by atoms with van der Waals surface area (Å²) in [6.07, 6.45) is 1.11. The molecule has 1 N–H and O–H groups in total. The highest BCUT2D eigenvalue weighted by Crippen LogP contribution is 2.18. The van der Waals surface area contributed by atoms with E-state index in [1.807, 2.05) is 0 Å². The number of halogens is 1. The van der Waals surface area contributed by atoms with E-state index in [1.165, 1.54) is 29.7 Å². The highest BCUT2D eigenvalue weighted by atomic mass is 35.5. The molecule has 32 heavy (non-hydrogen) atoms. The van der Waals surface area contributed by atoms with Gasteiger partial charge in [-0.25, -0.2) is 8.42 Å². The molecule has 1 aromatic heterocycles. The second-order valence-corrected chi connectivity index (χ2v) is 9.78. The van der Waals surface area contributed by atoms with E-state index >= 15 is 0 Å². The van der Waals surface area contributed by atoms with E-state index in [-0.39, 0.29) is 28.4 Å². The summed E-state index contributed by atoms with van der Waals surface area (Å²) < 4.78 is 24.4. The van der Waals surface area contributed by atoms with Crippen LogP contribution in [0.15, 0.2) is 64.3 Å². The van der Waals surface area contributed by atoms with Crippen LogP contribution in [0.1, 0.15) is 38.9 Å². The minimum Gasteiger partial charge on any atom is -0.348 e. The summed E-state index contributed by atoms with van der Waals surface area (Å²) in [5, 5.41) is 3.06. The Labute approximate surface area is 190 Å². The maximum absolute atomic E-state index is 13.2. The molecule has 166 valence electrons. The van der Waals surface area contributed by atoms with Gasteiger partial charge in [-0.15, -0.1) is 0 Å². The van der Waals surface area contributed by atoms with Gasteiger partial charge in [-0.2, -0.15) is 0 Å². The van der Waals surface area contributed by atoms with Crippen LogP contribution in [0.4, 0.5) is 0 Å². The molecule has 0 aliphatic heterocycles. The second kappa shape index (κ2) is 9.10. The van der Waals surface area contributed by atoms with E-state index < -0.39 is 21.3 Å². The summed E-state index contributed by atoms with van der Waals surface area (Å²) in [6.45, 7) is 3.06. The van der Waals surface area contributed by atoms with Crippen LogP contribution in [-0.2, 0) is 16.4 Å². The van der Waals surface area contributed by atoms with Crippen molar-refractivity contribution in [1.29, 1.82) is 0 Å². The first-order valence-corrected chi connectivity index (χ1v) is 11.9. The number of nitrogens with one attached hydrogen (secondary N) is 1. The molecule has 0 unspecified atom stereocenters. The highest BCUT2D eigenvalue weighted by molar-refractivity contribution is 7.90. The summed E-state index contributed by atoms with van der Waals surface area (Å²) in [5.74, 6) is -0.941. The van der Waals surface area contributed by atoms with Crippen LogP contribution in [0.3, 0.4) is 0 Å². The van der Waals surface area contributed by atoms with Crippen LogP contribution in [0.25, 0.3) is 5.69 Å². The predicted octanol–water partition coefficient (Wildman–Crippen LogP) is 3.34. The summed E-state index contributed by atoms with van der Waals surface area (Å²) >= 11 is 6.06. The van der Waals surface area contributed by atoms with Crippen molar-refractivity contribution in [3.05, 3.63) is 92.4 Å². The van der Waals surface area contributed by atoms with E-state index in [0.717, 1.165) is 6.26 Å². The van der Waals surface area contributed by atoms with Crippen molar-refractivity contribution in [2.45, 2.75) is 25.3 Å². The molecule has 0 spiro atoms. The van der Waals surface area contributed by atoms with Gasteiger partial charge in [-0.05, 0) is 55.8 Å². The standard InChI is InChI=1S/C23H21ClN2O5S/c1-14-20(15(2)27)12-21(23(29)26(14)18-6-4-5-17(24)11-18)22(28)25-13-16-7-9-19(10-8-16)32(3,30)31/h4-12H,13H2,1-3H3,(H,25,28). The summed E-state index contributed by atoms with van der Waals surface area (Å²) in [7, 11) is -3.32. The molecule has 0 saturated carbocycles. The number of benzene rings is 2. The quantitative estimate of drug-likeness (QED) is 0.554. The van der Waals surface area contributed by atoms with Gasteiger partial charge < -0.3 is 5.32 Å². The van der Waals surface area contributed by atoms with Crippen LogP contribution in [0.5, 0.6) is 0 Å². The van der Waals surface area contributed by atoms with Gasteiger partial charge in [-0.3, -0.25) is 19.0 Å². The fourth-order valence-corrected chi connectivity index (χ4v) is 4.10. The molecule has 9 heteroatoms. The van der Waals surface area contributed by atoms with E-state index in [2.05, 4.69) is 5.32 Å². The third kappa shape index (κ3) is 4.98. The largest absolute Gasteiger partial charge is 0.348 e. The van der Waals surface area contributed by atoms with Crippen molar-refractivity contribution in [2.24, 2.45) is 0 Å².